The van der Waals surface area contributed by atoms with E-state index in [2.05, 4.69) is 43.2 Å². The van der Waals surface area contributed by atoms with Crippen LogP contribution in [0.3, 0.4) is 0 Å². The lowest BCUT2D eigenvalue weighted by atomic mass is 9.93. The summed E-state index contributed by atoms with van der Waals surface area (Å²) >= 11 is 0. The molecule has 6 nitrogen and oxygen atoms in total. The van der Waals surface area contributed by atoms with Gasteiger partial charge in [0.25, 0.3) is 0 Å². The number of aryl methyl sites for hydroxylation is 1. The molecule has 0 aromatic carbocycles. The van der Waals surface area contributed by atoms with Crippen molar-refractivity contribution in [2.75, 3.05) is 37.7 Å². The summed E-state index contributed by atoms with van der Waals surface area (Å²) in [5.74, 6) is 1.52. The molecule has 2 atom stereocenters. The maximum atomic E-state index is 6.21. The maximum Gasteiger partial charge on any atom is 0.151 e. The highest BCUT2D eigenvalue weighted by molar-refractivity contribution is 5.37. The largest absolute Gasteiger partial charge is 0.375 e. The molecule has 2 aromatic heterocycles. The number of nitrogens with zero attached hydrogens (tertiary/aromatic N) is 5. The fraction of sp³-hybridized carbons (Fsp3) is 0.526. The molecule has 6 heteroatoms. The number of rotatable bonds is 3. The summed E-state index contributed by atoms with van der Waals surface area (Å²) in [6, 6.07) is 8.29. The lowest BCUT2D eigenvalue weighted by molar-refractivity contribution is -0.0239. The van der Waals surface area contributed by atoms with E-state index in [1.807, 2.05) is 25.4 Å². The van der Waals surface area contributed by atoms with Gasteiger partial charge in [0, 0.05) is 44.5 Å². The summed E-state index contributed by atoms with van der Waals surface area (Å²) in [6.45, 7) is 7.69. The Balaban J connectivity index is 1.39. The zero-order valence-corrected chi connectivity index (χ0v) is 14.7. The van der Waals surface area contributed by atoms with Crippen LogP contribution >= 0.6 is 0 Å². The first-order valence-electron chi connectivity index (χ1n) is 9.06. The van der Waals surface area contributed by atoms with Gasteiger partial charge >= 0.3 is 0 Å². The Morgan fingerprint density at radius 2 is 1.96 bits per heavy atom. The first-order valence-corrected chi connectivity index (χ1v) is 9.06. The van der Waals surface area contributed by atoms with E-state index in [4.69, 9.17) is 4.74 Å². The molecule has 2 aliphatic rings. The van der Waals surface area contributed by atoms with Gasteiger partial charge in [0.05, 0.1) is 18.4 Å². The van der Waals surface area contributed by atoms with Crippen LogP contribution in [0.25, 0.3) is 0 Å². The highest BCUT2D eigenvalue weighted by Gasteiger charge is 2.33. The topological polar surface area (TPSA) is 54.4 Å². The molecular weight excluding hydrogens is 314 g/mol. The van der Waals surface area contributed by atoms with Gasteiger partial charge in [0.2, 0.25) is 0 Å². The van der Waals surface area contributed by atoms with Crippen molar-refractivity contribution >= 4 is 5.82 Å². The van der Waals surface area contributed by atoms with Crippen molar-refractivity contribution in [2.24, 2.45) is 5.92 Å². The minimum Gasteiger partial charge on any atom is -0.375 e. The Hall–Kier alpha value is -2.05. The van der Waals surface area contributed by atoms with E-state index in [1.165, 1.54) is 5.56 Å². The molecule has 2 aromatic rings. The summed E-state index contributed by atoms with van der Waals surface area (Å²) in [5, 5.41) is 8.56. The van der Waals surface area contributed by atoms with Gasteiger partial charge in [-0.15, -0.1) is 5.10 Å². The number of hydrogen-bond donors (Lipinski definition) is 0. The fourth-order valence-electron chi connectivity index (χ4n) is 3.77. The standard InChI is InChI=1S/C19H25N5O/c1-15-2-3-19(22-21-15)24-10-11-25-18-14-23(9-6-17(18)13-24)12-16-4-7-20-8-5-16/h2-5,7-8,17-18H,6,9-14H2,1H3/t17-,18-/m0/s1. The summed E-state index contributed by atoms with van der Waals surface area (Å²) in [6.07, 6.45) is 5.19. The number of aromatic nitrogens is 3. The van der Waals surface area contributed by atoms with Crippen LogP contribution in [0.4, 0.5) is 5.82 Å². The van der Waals surface area contributed by atoms with Gasteiger partial charge in [0.15, 0.2) is 5.82 Å². The molecule has 0 spiro atoms. The smallest absolute Gasteiger partial charge is 0.151 e. The molecule has 2 saturated heterocycles. The molecule has 0 N–H and O–H groups in total. The second-order valence-electron chi connectivity index (χ2n) is 7.03. The first kappa shape index (κ1) is 16.4. The van der Waals surface area contributed by atoms with E-state index in [9.17, 15) is 0 Å². The van der Waals surface area contributed by atoms with Gasteiger partial charge < -0.3 is 9.64 Å². The van der Waals surface area contributed by atoms with Crippen molar-refractivity contribution in [3.8, 4) is 0 Å². The average Bonchev–Trinajstić information content (AvgIpc) is 2.85. The third-order valence-corrected chi connectivity index (χ3v) is 5.19. The molecule has 0 amide bonds. The SMILES string of the molecule is Cc1ccc(N2CCO[C@H]3CN(Cc4ccncc4)CC[C@H]3C2)nn1. The van der Waals surface area contributed by atoms with Gasteiger partial charge in [-0.25, -0.2) is 0 Å². The number of hydrogen-bond acceptors (Lipinski definition) is 6. The van der Waals surface area contributed by atoms with E-state index >= 15 is 0 Å². The van der Waals surface area contributed by atoms with Crippen molar-refractivity contribution in [3.05, 3.63) is 47.9 Å². The van der Waals surface area contributed by atoms with Crippen LogP contribution in [0.2, 0.25) is 0 Å². The van der Waals surface area contributed by atoms with Crippen LogP contribution in [-0.4, -0.2) is 59.0 Å². The predicted octanol–water partition coefficient (Wildman–Crippen LogP) is 1.91. The Labute approximate surface area is 148 Å². The van der Waals surface area contributed by atoms with Gasteiger partial charge in [-0.2, -0.15) is 5.10 Å². The van der Waals surface area contributed by atoms with Crippen LogP contribution < -0.4 is 4.90 Å². The molecule has 4 rings (SSSR count). The van der Waals surface area contributed by atoms with Crippen LogP contribution in [0.15, 0.2) is 36.7 Å². The molecule has 0 saturated carbocycles. The van der Waals surface area contributed by atoms with Crippen LogP contribution in [0.1, 0.15) is 17.7 Å². The number of piperidine rings is 1. The molecule has 25 heavy (non-hydrogen) atoms. The van der Waals surface area contributed by atoms with Gasteiger partial charge in [-0.05, 0) is 49.7 Å². The summed E-state index contributed by atoms with van der Waals surface area (Å²) in [7, 11) is 0. The summed E-state index contributed by atoms with van der Waals surface area (Å²) in [4.78, 5) is 8.93. The molecule has 2 aliphatic heterocycles. The lowest BCUT2D eigenvalue weighted by Gasteiger charge is -2.38. The van der Waals surface area contributed by atoms with Crippen molar-refractivity contribution in [1.82, 2.24) is 20.1 Å². The average molecular weight is 339 g/mol. The minimum absolute atomic E-state index is 0.305. The Morgan fingerprint density at radius 1 is 1.08 bits per heavy atom. The molecule has 0 bridgehead atoms. The second-order valence-corrected chi connectivity index (χ2v) is 7.03. The zero-order valence-electron chi connectivity index (χ0n) is 14.7. The minimum atomic E-state index is 0.305. The Morgan fingerprint density at radius 3 is 2.76 bits per heavy atom. The molecule has 0 aliphatic carbocycles. The molecule has 0 radical (unpaired) electrons. The highest BCUT2D eigenvalue weighted by Crippen LogP contribution is 2.26. The van der Waals surface area contributed by atoms with Crippen LogP contribution in [0.5, 0.6) is 0 Å². The maximum absolute atomic E-state index is 6.21. The third kappa shape index (κ3) is 3.96. The van der Waals surface area contributed by atoms with Gasteiger partial charge in [0.1, 0.15) is 0 Å². The van der Waals surface area contributed by atoms with E-state index in [0.29, 0.717) is 12.0 Å². The molecule has 2 fully saturated rings. The summed E-state index contributed by atoms with van der Waals surface area (Å²) < 4.78 is 6.21. The predicted molar refractivity (Wildman–Crippen MR) is 96.3 cm³/mol. The van der Waals surface area contributed by atoms with E-state index in [1.54, 1.807) is 0 Å². The monoisotopic (exact) mass is 339 g/mol. The highest BCUT2D eigenvalue weighted by atomic mass is 16.5. The number of likely N-dealkylation sites (tertiary alicyclic amines) is 1. The molecular formula is C19H25N5O. The van der Waals surface area contributed by atoms with Crippen molar-refractivity contribution in [1.29, 1.82) is 0 Å². The molecule has 4 heterocycles. The molecule has 132 valence electrons. The number of pyridine rings is 1. The second kappa shape index (κ2) is 7.45. The normalized spacial score (nSPS) is 24.6. The van der Waals surface area contributed by atoms with Crippen molar-refractivity contribution < 1.29 is 4.74 Å². The van der Waals surface area contributed by atoms with Crippen LogP contribution in [-0.2, 0) is 11.3 Å². The number of fused-ring (bicyclic) bond motifs is 1. The third-order valence-electron chi connectivity index (χ3n) is 5.19. The zero-order chi connectivity index (χ0) is 17.1. The fourth-order valence-corrected chi connectivity index (χ4v) is 3.77. The summed E-state index contributed by atoms with van der Waals surface area (Å²) in [5.41, 5.74) is 2.27. The Bertz CT molecular complexity index is 678. The van der Waals surface area contributed by atoms with E-state index in [0.717, 1.165) is 57.3 Å². The molecule has 0 unspecified atom stereocenters. The van der Waals surface area contributed by atoms with E-state index in [-0.39, 0.29) is 0 Å². The van der Waals surface area contributed by atoms with Gasteiger partial charge in [-0.1, -0.05) is 0 Å². The van der Waals surface area contributed by atoms with Crippen molar-refractivity contribution in [2.45, 2.75) is 26.0 Å². The van der Waals surface area contributed by atoms with Crippen LogP contribution in [0, 0.1) is 12.8 Å². The van der Waals surface area contributed by atoms with Crippen molar-refractivity contribution in [3.63, 3.8) is 0 Å². The number of anilines is 1. The first-order chi connectivity index (χ1) is 12.3. The lowest BCUT2D eigenvalue weighted by Crippen LogP contribution is -2.46. The number of ether oxygens (including phenoxy) is 1. The van der Waals surface area contributed by atoms with Gasteiger partial charge in [-0.3, -0.25) is 9.88 Å². The quantitative estimate of drug-likeness (QED) is 0.851. The van der Waals surface area contributed by atoms with E-state index < -0.39 is 0 Å². The Kier molecular flexibility index (Phi) is 4.90.